The fraction of sp³-hybridized carbons (Fsp3) is 0.588. The van der Waals surface area contributed by atoms with E-state index in [2.05, 4.69) is 27.4 Å². The molecule has 7 heteroatoms. The molecule has 1 aliphatic heterocycles. The summed E-state index contributed by atoms with van der Waals surface area (Å²) >= 11 is 0. The normalized spacial score (nSPS) is 19.3. The first-order chi connectivity index (χ1) is 11.6. The van der Waals surface area contributed by atoms with Crippen LogP contribution in [0.3, 0.4) is 0 Å². The fourth-order valence-corrected chi connectivity index (χ4v) is 3.52. The van der Waals surface area contributed by atoms with E-state index in [0.717, 1.165) is 55.1 Å². The molecule has 0 bridgehead atoms. The van der Waals surface area contributed by atoms with E-state index in [1.54, 1.807) is 12.4 Å². The number of hydrogen-bond acceptors (Lipinski definition) is 4. The number of imidazole rings is 1. The molecule has 2 amide bonds. The molecule has 2 aromatic heterocycles. The monoisotopic (exact) mass is 331 g/mol. The third-order valence-corrected chi connectivity index (χ3v) is 4.74. The van der Waals surface area contributed by atoms with Crippen molar-refractivity contribution in [3.63, 3.8) is 0 Å². The quantitative estimate of drug-likeness (QED) is 0.899. The highest BCUT2D eigenvalue weighted by Crippen LogP contribution is 2.30. The van der Waals surface area contributed by atoms with Crippen molar-refractivity contribution < 1.29 is 9.32 Å². The Kier molecular flexibility index (Phi) is 4.87. The maximum atomic E-state index is 12.9. The largest absolute Gasteiger partial charge is 0.361 e. The van der Waals surface area contributed by atoms with Crippen LogP contribution < -0.4 is 5.32 Å². The van der Waals surface area contributed by atoms with Gasteiger partial charge < -0.3 is 19.7 Å². The van der Waals surface area contributed by atoms with E-state index in [1.807, 2.05) is 18.7 Å². The molecular weight excluding hydrogens is 306 g/mol. The summed E-state index contributed by atoms with van der Waals surface area (Å²) in [5.41, 5.74) is 1.82. The summed E-state index contributed by atoms with van der Waals surface area (Å²) in [5.74, 6) is 1.62. The maximum Gasteiger partial charge on any atom is 0.318 e. The number of hydrogen-bond donors (Lipinski definition) is 2. The van der Waals surface area contributed by atoms with Crippen LogP contribution in [0.2, 0.25) is 0 Å². The number of carbonyl (C=O) groups excluding carboxylic acids is 1. The molecule has 7 nitrogen and oxygen atoms in total. The van der Waals surface area contributed by atoms with Crippen LogP contribution in [-0.4, -0.2) is 32.6 Å². The van der Waals surface area contributed by atoms with Gasteiger partial charge in [0.05, 0.1) is 17.8 Å². The average Bonchev–Trinajstić information content (AvgIpc) is 3.23. The average molecular weight is 331 g/mol. The number of rotatable bonds is 4. The molecule has 0 aliphatic carbocycles. The number of aromatic nitrogens is 3. The molecule has 3 heterocycles. The topological polar surface area (TPSA) is 87.0 Å². The lowest BCUT2D eigenvalue weighted by Gasteiger charge is -2.35. The van der Waals surface area contributed by atoms with Crippen molar-refractivity contribution >= 4 is 6.03 Å². The number of nitrogens with one attached hydrogen (secondary N) is 2. The molecule has 0 unspecified atom stereocenters. The van der Waals surface area contributed by atoms with Gasteiger partial charge in [-0.15, -0.1) is 0 Å². The minimum atomic E-state index is -0.0945. The second-order valence-corrected chi connectivity index (χ2v) is 6.33. The molecule has 0 aromatic carbocycles. The molecule has 1 saturated heterocycles. The van der Waals surface area contributed by atoms with Gasteiger partial charge in [0, 0.05) is 24.5 Å². The van der Waals surface area contributed by atoms with Crippen molar-refractivity contribution in [2.75, 3.05) is 6.54 Å². The van der Waals surface area contributed by atoms with Crippen molar-refractivity contribution in [1.82, 2.24) is 25.3 Å². The minimum Gasteiger partial charge on any atom is -0.361 e. The van der Waals surface area contributed by atoms with E-state index < -0.39 is 0 Å². The second-order valence-electron chi connectivity index (χ2n) is 6.33. The summed E-state index contributed by atoms with van der Waals surface area (Å²) in [6, 6.07) is -0.137. The number of nitrogens with zero attached hydrogens (tertiary/aromatic N) is 3. The summed E-state index contributed by atoms with van der Waals surface area (Å²) < 4.78 is 5.26. The number of urea groups is 1. The minimum absolute atomic E-state index is 0.0101. The Morgan fingerprint density at radius 3 is 2.96 bits per heavy atom. The van der Waals surface area contributed by atoms with Crippen LogP contribution in [0.4, 0.5) is 4.79 Å². The fourth-order valence-electron chi connectivity index (χ4n) is 3.52. The highest BCUT2D eigenvalue weighted by molar-refractivity contribution is 5.75. The Morgan fingerprint density at radius 1 is 1.50 bits per heavy atom. The Balaban J connectivity index is 1.77. The number of H-pyrrole nitrogens is 1. The van der Waals surface area contributed by atoms with Crippen LogP contribution in [0, 0.1) is 13.8 Å². The molecule has 1 aliphatic rings. The first-order valence-electron chi connectivity index (χ1n) is 8.61. The zero-order chi connectivity index (χ0) is 17.1. The van der Waals surface area contributed by atoms with Gasteiger partial charge in [-0.1, -0.05) is 12.1 Å². The highest BCUT2D eigenvalue weighted by Gasteiger charge is 2.31. The smallest absolute Gasteiger partial charge is 0.318 e. The highest BCUT2D eigenvalue weighted by atomic mass is 16.5. The van der Waals surface area contributed by atoms with Crippen molar-refractivity contribution in [2.24, 2.45) is 0 Å². The summed E-state index contributed by atoms with van der Waals surface area (Å²) in [6.45, 7) is 6.59. The summed E-state index contributed by atoms with van der Waals surface area (Å²) in [6.07, 6.45) is 7.39. The molecule has 0 saturated carbocycles. The van der Waals surface area contributed by atoms with Gasteiger partial charge in [-0.2, -0.15) is 0 Å². The van der Waals surface area contributed by atoms with Gasteiger partial charge in [0.25, 0.3) is 0 Å². The van der Waals surface area contributed by atoms with E-state index in [1.165, 1.54) is 0 Å². The van der Waals surface area contributed by atoms with Crippen LogP contribution in [-0.2, 0) is 0 Å². The number of aromatic amines is 1. The number of piperidine rings is 1. The molecule has 130 valence electrons. The lowest BCUT2D eigenvalue weighted by atomic mass is 10.0. The molecule has 2 N–H and O–H groups in total. The summed E-state index contributed by atoms with van der Waals surface area (Å²) in [5, 5.41) is 7.16. The van der Waals surface area contributed by atoms with E-state index in [4.69, 9.17) is 4.52 Å². The lowest BCUT2D eigenvalue weighted by molar-refractivity contribution is 0.144. The first kappa shape index (κ1) is 16.5. The van der Waals surface area contributed by atoms with Crippen LogP contribution >= 0.6 is 0 Å². The Labute approximate surface area is 141 Å². The Morgan fingerprint density at radius 2 is 2.33 bits per heavy atom. The Bertz CT molecular complexity index is 660. The van der Waals surface area contributed by atoms with E-state index in [-0.39, 0.29) is 18.1 Å². The first-order valence-corrected chi connectivity index (χ1v) is 8.61. The van der Waals surface area contributed by atoms with Gasteiger partial charge in [-0.3, -0.25) is 0 Å². The third kappa shape index (κ3) is 3.16. The van der Waals surface area contributed by atoms with Gasteiger partial charge >= 0.3 is 6.03 Å². The van der Waals surface area contributed by atoms with E-state index >= 15 is 0 Å². The van der Waals surface area contributed by atoms with Crippen LogP contribution in [0.1, 0.15) is 67.5 Å². The van der Waals surface area contributed by atoms with Gasteiger partial charge in [0.1, 0.15) is 11.6 Å². The van der Waals surface area contributed by atoms with Crippen molar-refractivity contribution in [3.8, 4) is 0 Å². The summed E-state index contributed by atoms with van der Waals surface area (Å²) in [7, 11) is 0. The molecule has 24 heavy (non-hydrogen) atoms. The van der Waals surface area contributed by atoms with E-state index in [9.17, 15) is 4.79 Å². The maximum absolute atomic E-state index is 12.9. The number of likely N-dealkylation sites (tertiary alicyclic amines) is 1. The van der Waals surface area contributed by atoms with Crippen molar-refractivity contribution in [3.05, 3.63) is 35.2 Å². The SMILES string of the molecule is CC[C@@H](NC(=O)N1CCCC[C@@H]1c1ncc[nH]1)c1c(C)noc1C. The molecular formula is C17H25N5O2. The van der Waals surface area contributed by atoms with E-state index in [0.29, 0.717) is 0 Å². The zero-order valence-electron chi connectivity index (χ0n) is 14.5. The predicted octanol–water partition coefficient (Wildman–Crippen LogP) is 3.40. The van der Waals surface area contributed by atoms with Gasteiger partial charge in [0.2, 0.25) is 0 Å². The zero-order valence-corrected chi connectivity index (χ0v) is 14.5. The Hall–Kier alpha value is -2.31. The van der Waals surface area contributed by atoms with Crippen LogP contribution in [0.5, 0.6) is 0 Å². The standard InChI is InChI=1S/C17H25N5O2/c1-4-13(15-11(2)21-24-12(15)3)20-17(23)22-10-6-5-7-14(22)16-18-8-9-19-16/h8-9,13-14H,4-7,10H2,1-3H3,(H,18,19)(H,20,23)/t13-,14-/m1/s1. The van der Waals surface area contributed by atoms with Crippen LogP contribution in [0.25, 0.3) is 0 Å². The summed E-state index contributed by atoms with van der Waals surface area (Å²) in [4.78, 5) is 22.3. The molecule has 0 spiro atoms. The van der Waals surface area contributed by atoms with Crippen LogP contribution in [0.15, 0.2) is 16.9 Å². The molecule has 0 radical (unpaired) electrons. The molecule has 3 rings (SSSR count). The molecule has 2 aromatic rings. The number of carbonyl (C=O) groups is 1. The van der Waals surface area contributed by atoms with Crippen molar-refractivity contribution in [2.45, 2.75) is 58.5 Å². The predicted molar refractivity (Wildman–Crippen MR) is 89.4 cm³/mol. The molecule has 2 atom stereocenters. The van der Waals surface area contributed by atoms with Crippen molar-refractivity contribution in [1.29, 1.82) is 0 Å². The number of amides is 2. The second kappa shape index (κ2) is 7.07. The van der Waals surface area contributed by atoms with Gasteiger partial charge in [0.15, 0.2) is 0 Å². The lowest BCUT2D eigenvalue weighted by Crippen LogP contribution is -2.46. The third-order valence-electron chi connectivity index (χ3n) is 4.74. The van der Waals surface area contributed by atoms with Gasteiger partial charge in [-0.05, 0) is 39.5 Å². The van der Waals surface area contributed by atoms with Gasteiger partial charge in [-0.25, -0.2) is 9.78 Å². The molecule has 1 fully saturated rings. The number of aryl methyl sites for hydroxylation is 2.